The zero-order chi connectivity index (χ0) is 22.7. The minimum Gasteiger partial charge on any atom is -0.497 e. The number of benzene rings is 3. The van der Waals surface area contributed by atoms with Crippen molar-refractivity contribution < 1.29 is 24.1 Å². The van der Waals surface area contributed by atoms with Crippen LogP contribution in [-0.4, -0.2) is 36.1 Å². The summed E-state index contributed by atoms with van der Waals surface area (Å²) in [6.07, 6.45) is 0.897. The molecule has 1 aromatic heterocycles. The molecule has 0 aliphatic rings. The molecule has 0 saturated carbocycles. The molecule has 3 aromatic carbocycles. The van der Waals surface area contributed by atoms with E-state index in [1.54, 1.807) is 43.5 Å². The Morgan fingerprint density at radius 3 is 2.41 bits per heavy atom. The van der Waals surface area contributed by atoms with Crippen molar-refractivity contribution in [2.24, 2.45) is 5.73 Å². The number of methoxy groups -OCH3 is 1. The van der Waals surface area contributed by atoms with Gasteiger partial charge in [-0.1, -0.05) is 12.1 Å². The summed E-state index contributed by atoms with van der Waals surface area (Å²) in [6.45, 7) is -0.631. The van der Waals surface area contributed by atoms with E-state index >= 15 is 0 Å². The lowest BCUT2D eigenvalue weighted by Gasteiger charge is -2.24. The highest BCUT2D eigenvalue weighted by Crippen LogP contribution is 2.29. The normalized spacial score (nSPS) is 11.8. The zero-order valence-corrected chi connectivity index (χ0v) is 17.7. The van der Waals surface area contributed by atoms with Gasteiger partial charge in [-0.05, 0) is 54.8 Å². The van der Waals surface area contributed by atoms with Crippen LogP contribution in [0.5, 0.6) is 17.2 Å². The first-order valence-corrected chi connectivity index (χ1v) is 10.3. The third-order valence-electron chi connectivity index (χ3n) is 5.52. The molecule has 166 valence electrons. The highest BCUT2D eigenvalue weighted by atomic mass is 16.5. The van der Waals surface area contributed by atoms with Crippen molar-refractivity contribution in [2.45, 2.75) is 18.4 Å². The van der Waals surface area contributed by atoms with Gasteiger partial charge in [0.2, 0.25) is 5.43 Å². The Hall–Kier alpha value is -3.39. The summed E-state index contributed by atoms with van der Waals surface area (Å²) < 4.78 is 17.1. The molecule has 0 unspecified atom stereocenters. The van der Waals surface area contributed by atoms with E-state index < -0.39 is 5.54 Å². The molecule has 4 N–H and O–H groups in total. The summed E-state index contributed by atoms with van der Waals surface area (Å²) in [4.78, 5) is 13.1. The highest BCUT2D eigenvalue weighted by Gasteiger charge is 2.22. The van der Waals surface area contributed by atoms with Crippen molar-refractivity contribution in [1.29, 1.82) is 0 Å². The van der Waals surface area contributed by atoms with Crippen LogP contribution in [0.15, 0.2) is 69.9 Å². The van der Waals surface area contributed by atoms with Crippen molar-refractivity contribution >= 4 is 21.9 Å². The Labute approximate surface area is 184 Å². The van der Waals surface area contributed by atoms with Gasteiger partial charge < -0.3 is 29.8 Å². The molecule has 1 heterocycles. The van der Waals surface area contributed by atoms with E-state index in [0.717, 1.165) is 5.56 Å². The molecular weight excluding hydrogens is 410 g/mol. The van der Waals surface area contributed by atoms with Crippen LogP contribution >= 0.6 is 0 Å². The van der Waals surface area contributed by atoms with Gasteiger partial charge in [0.05, 0.1) is 36.6 Å². The maximum Gasteiger partial charge on any atom is 0.200 e. The van der Waals surface area contributed by atoms with Gasteiger partial charge in [0.25, 0.3) is 0 Å². The van der Waals surface area contributed by atoms with Crippen molar-refractivity contribution in [1.82, 2.24) is 0 Å². The highest BCUT2D eigenvalue weighted by molar-refractivity contribution is 5.90. The van der Waals surface area contributed by atoms with Gasteiger partial charge in [-0.25, -0.2) is 0 Å². The largest absolute Gasteiger partial charge is 0.497 e. The standard InChI is InChI=1S/C25H25NO6/c1-30-17-3-2-4-18(12-17)31-19-6-7-20-23(13-19)32-22-8-5-16(11-21(22)24(20)29)9-10-25(26,14-27)15-28/h2-8,11-13,27-28H,9-10,14-15,26H2,1H3. The monoisotopic (exact) mass is 435 g/mol. The van der Waals surface area contributed by atoms with E-state index in [2.05, 4.69) is 0 Å². The van der Waals surface area contributed by atoms with Crippen LogP contribution in [-0.2, 0) is 6.42 Å². The first-order chi connectivity index (χ1) is 15.4. The Kier molecular flexibility index (Phi) is 6.14. The number of rotatable bonds is 8. The van der Waals surface area contributed by atoms with Crippen LogP contribution in [0.3, 0.4) is 0 Å². The molecule has 7 nitrogen and oxygen atoms in total. The average molecular weight is 435 g/mol. The topological polar surface area (TPSA) is 115 Å². The van der Waals surface area contributed by atoms with E-state index in [-0.39, 0.29) is 18.6 Å². The van der Waals surface area contributed by atoms with Crippen LogP contribution in [0.25, 0.3) is 21.9 Å². The molecule has 4 aromatic rings. The number of aliphatic hydroxyl groups is 2. The zero-order valence-electron chi connectivity index (χ0n) is 17.7. The van der Waals surface area contributed by atoms with Crippen LogP contribution in [0.2, 0.25) is 0 Å². The minimum absolute atomic E-state index is 0.139. The fourth-order valence-corrected chi connectivity index (χ4v) is 3.50. The first kappa shape index (κ1) is 21.8. The van der Waals surface area contributed by atoms with Crippen molar-refractivity contribution in [3.63, 3.8) is 0 Å². The molecule has 0 aliphatic carbocycles. The number of fused-ring (bicyclic) bond motifs is 2. The molecule has 7 heteroatoms. The molecule has 0 aliphatic heterocycles. The second-order valence-electron chi connectivity index (χ2n) is 7.88. The van der Waals surface area contributed by atoms with Gasteiger partial charge in [-0.3, -0.25) is 4.79 Å². The lowest BCUT2D eigenvalue weighted by atomic mass is 9.93. The van der Waals surface area contributed by atoms with E-state index in [9.17, 15) is 15.0 Å². The SMILES string of the molecule is COc1cccc(Oc2ccc3c(=O)c4cc(CCC(N)(CO)CO)ccc4oc3c2)c1. The molecule has 0 fully saturated rings. The van der Waals surface area contributed by atoms with Gasteiger partial charge in [-0.2, -0.15) is 0 Å². The van der Waals surface area contributed by atoms with Gasteiger partial charge in [0.1, 0.15) is 28.4 Å². The average Bonchev–Trinajstić information content (AvgIpc) is 2.83. The van der Waals surface area contributed by atoms with Gasteiger partial charge >= 0.3 is 0 Å². The molecule has 0 spiro atoms. The number of ether oxygens (including phenoxy) is 2. The van der Waals surface area contributed by atoms with Crippen LogP contribution in [0.4, 0.5) is 0 Å². The number of nitrogens with two attached hydrogens (primary N) is 1. The Bertz CT molecular complexity index is 1310. The van der Waals surface area contributed by atoms with E-state index in [1.807, 2.05) is 24.3 Å². The van der Waals surface area contributed by atoms with Gasteiger partial charge in [0, 0.05) is 12.1 Å². The lowest BCUT2D eigenvalue weighted by molar-refractivity contribution is 0.115. The number of hydrogen-bond donors (Lipinski definition) is 3. The second kappa shape index (κ2) is 9.00. The quantitative estimate of drug-likeness (QED) is 0.364. The Balaban J connectivity index is 1.65. The first-order valence-electron chi connectivity index (χ1n) is 10.3. The minimum atomic E-state index is -1.05. The Morgan fingerprint density at radius 1 is 0.906 bits per heavy atom. The van der Waals surface area contributed by atoms with Crippen LogP contribution < -0.4 is 20.6 Å². The molecule has 0 atom stereocenters. The molecule has 4 rings (SSSR count). The predicted octanol–water partition coefficient (Wildman–Crippen LogP) is 3.36. The fraction of sp³-hybridized carbons (Fsp3) is 0.240. The number of hydrogen-bond acceptors (Lipinski definition) is 7. The van der Waals surface area contributed by atoms with Gasteiger partial charge in [-0.15, -0.1) is 0 Å². The Morgan fingerprint density at radius 2 is 1.66 bits per heavy atom. The van der Waals surface area contributed by atoms with Crippen molar-refractivity contribution in [3.05, 3.63) is 76.5 Å². The van der Waals surface area contributed by atoms with Crippen LogP contribution in [0.1, 0.15) is 12.0 Å². The van der Waals surface area contributed by atoms with Crippen molar-refractivity contribution in [2.75, 3.05) is 20.3 Å². The lowest BCUT2D eigenvalue weighted by Crippen LogP contribution is -2.47. The third-order valence-corrected chi connectivity index (χ3v) is 5.52. The molecular formula is C25H25NO6. The molecule has 32 heavy (non-hydrogen) atoms. The summed E-state index contributed by atoms with van der Waals surface area (Å²) in [5, 5.41) is 19.7. The molecule has 0 bridgehead atoms. The molecule has 0 radical (unpaired) electrons. The summed E-state index contributed by atoms with van der Waals surface area (Å²) in [6, 6.07) is 17.7. The maximum atomic E-state index is 13.1. The number of aryl methyl sites for hydroxylation is 1. The fourth-order valence-electron chi connectivity index (χ4n) is 3.50. The summed E-state index contributed by atoms with van der Waals surface area (Å²) in [5.74, 6) is 1.83. The third kappa shape index (κ3) is 4.45. The summed E-state index contributed by atoms with van der Waals surface area (Å²) in [7, 11) is 1.59. The smallest absolute Gasteiger partial charge is 0.200 e. The predicted molar refractivity (Wildman–Crippen MR) is 122 cm³/mol. The molecule has 0 saturated heterocycles. The second-order valence-corrected chi connectivity index (χ2v) is 7.88. The summed E-state index contributed by atoms with van der Waals surface area (Å²) >= 11 is 0. The number of aliphatic hydroxyl groups excluding tert-OH is 2. The van der Waals surface area contributed by atoms with E-state index in [0.29, 0.717) is 52.0 Å². The molecule has 0 amide bonds. The maximum absolute atomic E-state index is 13.1. The van der Waals surface area contributed by atoms with Crippen molar-refractivity contribution in [3.8, 4) is 17.2 Å². The van der Waals surface area contributed by atoms with Crippen LogP contribution in [0, 0.1) is 0 Å². The van der Waals surface area contributed by atoms with E-state index in [1.165, 1.54) is 0 Å². The van der Waals surface area contributed by atoms with Gasteiger partial charge in [0.15, 0.2) is 0 Å². The summed E-state index contributed by atoms with van der Waals surface area (Å²) in [5.41, 5.74) is 6.52. The van der Waals surface area contributed by atoms with E-state index in [4.69, 9.17) is 19.6 Å².